The molecule has 2 atom stereocenters. The molecule has 5 nitrogen and oxygen atoms in total. The maximum atomic E-state index is 12.6. The van der Waals surface area contributed by atoms with E-state index in [9.17, 15) is 13.2 Å². The summed E-state index contributed by atoms with van der Waals surface area (Å²) in [6, 6.07) is 15.1. The van der Waals surface area contributed by atoms with Crippen LogP contribution in [-0.4, -0.2) is 47.2 Å². The van der Waals surface area contributed by atoms with Gasteiger partial charge in [0, 0.05) is 16.8 Å². The van der Waals surface area contributed by atoms with Gasteiger partial charge in [0.05, 0.1) is 24.0 Å². The number of benzene rings is 2. The molecule has 2 fully saturated rings. The number of aliphatic imine (C=N–C) groups is 1. The zero-order valence-corrected chi connectivity index (χ0v) is 18.3. The Morgan fingerprint density at radius 3 is 2.62 bits per heavy atom. The van der Waals surface area contributed by atoms with Gasteiger partial charge in [0.25, 0.3) is 5.91 Å². The highest BCUT2D eigenvalue weighted by atomic mass is 35.5. The highest BCUT2D eigenvalue weighted by Gasteiger charge is 2.48. The SMILES string of the molecule is Cc1ccc(CC(=O)N=C2SC3CS(=O)(=O)CC3N2Cc2ccccc2Cl)cc1. The molecule has 152 valence electrons. The topological polar surface area (TPSA) is 66.8 Å². The Balaban J connectivity index is 1.58. The lowest BCUT2D eigenvalue weighted by atomic mass is 10.1. The summed E-state index contributed by atoms with van der Waals surface area (Å²) in [6.07, 6.45) is 0.220. The summed E-state index contributed by atoms with van der Waals surface area (Å²) >= 11 is 7.71. The Labute approximate surface area is 180 Å². The Kier molecular flexibility index (Phi) is 5.73. The molecule has 0 bridgehead atoms. The molecule has 2 aliphatic rings. The molecule has 0 radical (unpaired) electrons. The summed E-state index contributed by atoms with van der Waals surface area (Å²) in [5.41, 5.74) is 2.94. The number of fused-ring (bicyclic) bond motifs is 1. The van der Waals surface area contributed by atoms with E-state index in [1.54, 1.807) is 0 Å². The van der Waals surface area contributed by atoms with Crippen LogP contribution < -0.4 is 0 Å². The van der Waals surface area contributed by atoms with Crippen LogP contribution in [0.5, 0.6) is 0 Å². The number of nitrogens with zero attached hydrogens (tertiary/aromatic N) is 2. The number of hydrogen-bond acceptors (Lipinski definition) is 4. The van der Waals surface area contributed by atoms with Gasteiger partial charge in [-0.1, -0.05) is 71.4 Å². The van der Waals surface area contributed by atoms with Crippen molar-refractivity contribution in [2.24, 2.45) is 4.99 Å². The minimum Gasteiger partial charge on any atom is -0.342 e. The van der Waals surface area contributed by atoms with Gasteiger partial charge in [0.2, 0.25) is 0 Å². The predicted octanol–water partition coefficient (Wildman–Crippen LogP) is 3.49. The Bertz CT molecular complexity index is 1070. The molecule has 4 rings (SSSR count). The van der Waals surface area contributed by atoms with Crippen molar-refractivity contribution in [3.63, 3.8) is 0 Å². The van der Waals surface area contributed by atoms with Crippen molar-refractivity contribution in [2.45, 2.75) is 31.2 Å². The number of sulfone groups is 1. The fraction of sp³-hybridized carbons (Fsp3) is 0.333. The van der Waals surface area contributed by atoms with Gasteiger partial charge in [-0.3, -0.25) is 4.79 Å². The van der Waals surface area contributed by atoms with Gasteiger partial charge in [-0.05, 0) is 24.1 Å². The summed E-state index contributed by atoms with van der Waals surface area (Å²) < 4.78 is 24.3. The van der Waals surface area contributed by atoms with Gasteiger partial charge in [-0.15, -0.1) is 0 Å². The molecule has 0 spiro atoms. The molecule has 2 heterocycles. The summed E-state index contributed by atoms with van der Waals surface area (Å²) in [6.45, 7) is 2.43. The maximum absolute atomic E-state index is 12.6. The number of amides is 1. The smallest absolute Gasteiger partial charge is 0.252 e. The van der Waals surface area contributed by atoms with Crippen LogP contribution in [0.15, 0.2) is 53.5 Å². The lowest BCUT2D eigenvalue weighted by Crippen LogP contribution is -2.37. The van der Waals surface area contributed by atoms with Crippen LogP contribution in [0.4, 0.5) is 0 Å². The number of aryl methyl sites for hydroxylation is 1. The van der Waals surface area contributed by atoms with E-state index in [4.69, 9.17) is 11.6 Å². The van der Waals surface area contributed by atoms with E-state index in [0.29, 0.717) is 16.7 Å². The molecule has 2 aromatic carbocycles. The van der Waals surface area contributed by atoms with Crippen LogP contribution in [0.2, 0.25) is 5.02 Å². The van der Waals surface area contributed by atoms with Crippen LogP contribution in [-0.2, 0) is 27.6 Å². The lowest BCUT2D eigenvalue weighted by Gasteiger charge is -2.25. The van der Waals surface area contributed by atoms with Crippen LogP contribution >= 0.6 is 23.4 Å². The minimum atomic E-state index is -3.08. The molecule has 0 aliphatic carbocycles. The van der Waals surface area contributed by atoms with Gasteiger partial charge >= 0.3 is 0 Å². The van der Waals surface area contributed by atoms with Crippen molar-refractivity contribution in [3.05, 3.63) is 70.2 Å². The van der Waals surface area contributed by atoms with Crippen molar-refractivity contribution >= 4 is 44.3 Å². The van der Waals surface area contributed by atoms with E-state index in [2.05, 4.69) is 4.99 Å². The largest absolute Gasteiger partial charge is 0.342 e. The van der Waals surface area contributed by atoms with Crippen molar-refractivity contribution in [2.75, 3.05) is 11.5 Å². The second-order valence-corrected chi connectivity index (χ2v) is 11.2. The minimum absolute atomic E-state index is 0.0836. The van der Waals surface area contributed by atoms with E-state index in [0.717, 1.165) is 16.7 Å². The van der Waals surface area contributed by atoms with Crippen LogP contribution in [0, 0.1) is 6.92 Å². The number of halogens is 1. The maximum Gasteiger partial charge on any atom is 0.252 e. The van der Waals surface area contributed by atoms with Crippen molar-refractivity contribution in [1.82, 2.24) is 4.90 Å². The molecular weight excluding hydrogens is 428 g/mol. The zero-order chi connectivity index (χ0) is 20.6. The average Bonchev–Trinajstić information content (AvgIpc) is 3.11. The molecule has 8 heteroatoms. The molecule has 0 N–H and O–H groups in total. The van der Waals surface area contributed by atoms with Gasteiger partial charge in [-0.2, -0.15) is 4.99 Å². The predicted molar refractivity (Wildman–Crippen MR) is 118 cm³/mol. The molecule has 29 heavy (non-hydrogen) atoms. The number of carbonyl (C=O) groups is 1. The highest BCUT2D eigenvalue weighted by molar-refractivity contribution is 8.15. The summed E-state index contributed by atoms with van der Waals surface area (Å²) in [7, 11) is -3.08. The second kappa shape index (κ2) is 8.13. The van der Waals surface area contributed by atoms with Crippen molar-refractivity contribution in [1.29, 1.82) is 0 Å². The number of thioether (sulfide) groups is 1. The number of carbonyl (C=O) groups excluding carboxylic acids is 1. The monoisotopic (exact) mass is 448 g/mol. The van der Waals surface area contributed by atoms with Crippen LogP contribution in [0.25, 0.3) is 0 Å². The molecule has 2 unspecified atom stereocenters. The third-order valence-corrected chi connectivity index (χ3v) is 8.79. The van der Waals surface area contributed by atoms with Crippen LogP contribution in [0.3, 0.4) is 0 Å². The molecule has 2 saturated heterocycles. The highest BCUT2D eigenvalue weighted by Crippen LogP contribution is 2.39. The van der Waals surface area contributed by atoms with Crippen molar-refractivity contribution < 1.29 is 13.2 Å². The first-order valence-electron chi connectivity index (χ1n) is 9.35. The quantitative estimate of drug-likeness (QED) is 0.716. The fourth-order valence-corrected chi connectivity index (χ4v) is 7.82. The number of hydrogen-bond donors (Lipinski definition) is 0. The van der Waals surface area contributed by atoms with E-state index >= 15 is 0 Å². The third kappa shape index (κ3) is 4.68. The molecule has 2 aromatic rings. The van der Waals surface area contributed by atoms with Gasteiger partial charge in [0.1, 0.15) is 0 Å². The summed E-state index contributed by atoms with van der Waals surface area (Å²) in [5, 5.41) is 1.10. The fourth-order valence-electron chi connectivity index (χ4n) is 3.66. The number of amidine groups is 1. The Morgan fingerprint density at radius 1 is 1.17 bits per heavy atom. The Morgan fingerprint density at radius 2 is 1.90 bits per heavy atom. The molecule has 2 aliphatic heterocycles. The first-order valence-corrected chi connectivity index (χ1v) is 12.4. The Hall–Kier alpha value is -1.83. The lowest BCUT2D eigenvalue weighted by molar-refractivity contribution is -0.117. The second-order valence-electron chi connectivity index (χ2n) is 7.47. The molecule has 0 saturated carbocycles. The summed E-state index contributed by atoms with van der Waals surface area (Å²) in [4.78, 5) is 18.9. The molecular formula is C21H21ClN2O3S2. The summed E-state index contributed by atoms with van der Waals surface area (Å²) in [5.74, 6) is -0.0318. The van der Waals surface area contributed by atoms with E-state index in [1.165, 1.54) is 11.8 Å². The van der Waals surface area contributed by atoms with E-state index < -0.39 is 9.84 Å². The first-order chi connectivity index (χ1) is 13.8. The number of rotatable bonds is 4. The van der Waals surface area contributed by atoms with Crippen molar-refractivity contribution in [3.8, 4) is 0 Å². The van der Waals surface area contributed by atoms with E-state index in [-0.39, 0.29) is 35.1 Å². The molecule has 0 aromatic heterocycles. The molecule has 1 amide bonds. The van der Waals surface area contributed by atoms with Gasteiger partial charge < -0.3 is 4.90 Å². The van der Waals surface area contributed by atoms with Gasteiger partial charge in [-0.25, -0.2) is 8.42 Å². The first kappa shape index (κ1) is 20.4. The average molecular weight is 449 g/mol. The normalized spacial score (nSPS) is 24.1. The van der Waals surface area contributed by atoms with E-state index in [1.807, 2.05) is 60.4 Å². The zero-order valence-electron chi connectivity index (χ0n) is 15.9. The third-order valence-electron chi connectivity index (χ3n) is 5.17. The van der Waals surface area contributed by atoms with Gasteiger partial charge in [0.15, 0.2) is 15.0 Å². The van der Waals surface area contributed by atoms with Crippen LogP contribution in [0.1, 0.15) is 16.7 Å². The standard InChI is InChI=1S/C21H21ClN2O3S2/c1-14-6-8-15(9-7-14)10-20(25)23-21-24(11-16-4-2-3-5-17(16)22)18-12-29(26,27)13-19(18)28-21/h2-9,18-19H,10-13H2,1H3.